The number of esters is 1. The SMILES string of the molecule is CCOC(=O)C1=C(C)NC(SCC(=O)Nc2ccccc2C(C)C)=N[C@@H]1c1ccccc1OCC. The van der Waals surface area contributed by atoms with E-state index in [1.807, 2.05) is 62.4 Å². The molecule has 0 saturated carbocycles. The first-order valence-corrected chi connectivity index (χ1v) is 12.8. The van der Waals surface area contributed by atoms with E-state index < -0.39 is 12.0 Å². The topological polar surface area (TPSA) is 89.0 Å². The van der Waals surface area contributed by atoms with Gasteiger partial charge in [-0.05, 0) is 44.4 Å². The summed E-state index contributed by atoms with van der Waals surface area (Å²) in [4.78, 5) is 30.4. The van der Waals surface area contributed by atoms with Crippen molar-refractivity contribution in [1.82, 2.24) is 5.32 Å². The highest BCUT2D eigenvalue weighted by atomic mass is 32.2. The van der Waals surface area contributed by atoms with Crippen molar-refractivity contribution in [2.45, 2.75) is 46.6 Å². The fourth-order valence-corrected chi connectivity index (χ4v) is 4.59. The Morgan fingerprint density at radius 1 is 1.09 bits per heavy atom. The molecule has 2 N–H and O–H groups in total. The molecule has 8 heteroatoms. The maximum atomic E-state index is 12.8. The molecule has 0 unspecified atom stereocenters. The van der Waals surface area contributed by atoms with Crippen LogP contribution in [-0.4, -0.2) is 36.0 Å². The van der Waals surface area contributed by atoms with Gasteiger partial charge in [-0.15, -0.1) is 0 Å². The molecule has 1 aliphatic heterocycles. The van der Waals surface area contributed by atoms with Crippen molar-refractivity contribution in [3.63, 3.8) is 0 Å². The number of amidine groups is 1. The van der Waals surface area contributed by atoms with Crippen molar-refractivity contribution >= 4 is 34.5 Å². The predicted molar refractivity (Wildman–Crippen MR) is 142 cm³/mol. The summed E-state index contributed by atoms with van der Waals surface area (Å²) in [5.41, 5.74) is 3.74. The first-order chi connectivity index (χ1) is 16.8. The number of benzene rings is 2. The van der Waals surface area contributed by atoms with Crippen LogP contribution in [0.1, 0.15) is 57.7 Å². The fourth-order valence-electron chi connectivity index (χ4n) is 3.85. The average molecular weight is 496 g/mol. The maximum absolute atomic E-state index is 12.8. The molecule has 35 heavy (non-hydrogen) atoms. The van der Waals surface area contributed by atoms with E-state index in [0.29, 0.717) is 34.7 Å². The number of hydrogen-bond donors (Lipinski definition) is 2. The number of carbonyl (C=O) groups is 2. The third kappa shape index (κ3) is 6.66. The quantitative estimate of drug-likeness (QED) is 0.452. The van der Waals surface area contributed by atoms with Gasteiger partial charge >= 0.3 is 5.97 Å². The van der Waals surface area contributed by atoms with E-state index in [2.05, 4.69) is 24.5 Å². The molecule has 186 valence electrons. The van der Waals surface area contributed by atoms with Crippen LogP contribution in [-0.2, 0) is 14.3 Å². The summed E-state index contributed by atoms with van der Waals surface area (Å²) in [7, 11) is 0. The van der Waals surface area contributed by atoms with Gasteiger partial charge in [0.25, 0.3) is 0 Å². The van der Waals surface area contributed by atoms with Crippen molar-refractivity contribution in [3.05, 3.63) is 70.9 Å². The molecule has 0 fully saturated rings. The number of nitrogens with one attached hydrogen (secondary N) is 2. The van der Waals surface area contributed by atoms with Gasteiger partial charge in [0.15, 0.2) is 5.17 Å². The van der Waals surface area contributed by atoms with Crippen LogP contribution in [0, 0.1) is 0 Å². The van der Waals surface area contributed by atoms with Gasteiger partial charge in [0.05, 0.1) is 24.5 Å². The number of amides is 1. The van der Waals surface area contributed by atoms with Gasteiger partial charge in [0.2, 0.25) is 5.91 Å². The van der Waals surface area contributed by atoms with Crippen LogP contribution in [0.25, 0.3) is 0 Å². The summed E-state index contributed by atoms with van der Waals surface area (Å²) < 4.78 is 11.1. The molecular formula is C27H33N3O4S. The Labute approximate surface area is 211 Å². The van der Waals surface area contributed by atoms with Gasteiger partial charge in [0, 0.05) is 16.9 Å². The van der Waals surface area contributed by atoms with Crippen LogP contribution in [0.2, 0.25) is 0 Å². The molecule has 1 amide bonds. The summed E-state index contributed by atoms with van der Waals surface area (Å²) in [5, 5.41) is 6.74. The van der Waals surface area contributed by atoms with E-state index in [4.69, 9.17) is 14.5 Å². The Kier molecular flexibility index (Phi) is 9.37. The zero-order chi connectivity index (χ0) is 25.4. The van der Waals surface area contributed by atoms with Crippen molar-refractivity contribution in [1.29, 1.82) is 0 Å². The van der Waals surface area contributed by atoms with Crippen LogP contribution in [0.15, 0.2) is 64.8 Å². The lowest BCUT2D eigenvalue weighted by molar-refractivity contribution is -0.139. The predicted octanol–water partition coefficient (Wildman–Crippen LogP) is 5.42. The number of nitrogens with zero attached hydrogens (tertiary/aromatic N) is 1. The molecule has 2 aromatic carbocycles. The molecule has 0 saturated heterocycles. The highest BCUT2D eigenvalue weighted by molar-refractivity contribution is 8.14. The van der Waals surface area contributed by atoms with Crippen molar-refractivity contribution in [3.8, 4) is 5.75 Å². The highest BCUT2D eigenvalue weighted by Crippen LogP contribution is 2.37. The first kappa shape index (κ1) is 26.3. The molecule has 0 spiro atoms. The first-order valence-electron chi connectivity index (χ1n) is 11.8. The average Bonchev–Trinajstić information content (AvgIpc) is 2.83. The molecule has 1 heterocycles. The van der Waals surface area contributed by atoms with Gasteiger partial charge in [-0.2, -0.15) is 0 Å². The van der Waals surface area contributed by atoms with Gasteiger partial charge < -0.3 is 20.1 Å². The number of thioether (sulfide) groups is 1. The number of ether oxygens (including phenoxy) is 2. The van der Waals surface area contributed by atoms with E-state index in [0.717, 1.165) is 16.8 Å². The third-order valence-electron chi connectivity index (χ3n) is 5.42. The maximum Gasteiger partial charge on any atom is 0.338 e. The van der Waals surface area contributed by atoms with E-state index in [9.17, 15) is 9.59 Å². The lowest BCUT2D eigenvalue weighted by Crippen LogP contribution is -2.31. The summed E-state index contributed by atoms with van der Waals surface area (Å²) in [6.45, 7) is 10.4. The molecule has 0 bridgehead atoms. The standard InChI is InChI=1S/C27H33N3O4S/c1-6-33-22-15-11-9-13-20(22)25-24(26(32)34-7-2)18(5)28-27(30-25)35-16-23(31)29-21-14-10-8-12-19(21)17(3)4/h8-15,17,25H,6-7,16H2,1-5H3,(H,28,30)(H,29,31)/t25-/m1/s1. The molecule has 0 aliphatic carbocycles. The van der Waals surface area contributed by atoms with Gasteiger partial charge in [-0.25, -0.2) is 9.79 Å². The molecule has 3 rings (SSSR count). The smallest absolute Gasteiger partial charge is 0.338 e. The Balaban J connectivity index is 1.83. The van der Waals surface area contributed by atoms with E-state index >= 15 is 0 Å². The number of allylic oxidation sites excluding steroid dienone is 1. The minimum Gasteiger partial charge on any atom is -0.494 e. The lowest BCUT2D eigenvalue weighted by atomic mass is 9.96. The Morgan fingerprint density at radius 2 is 1.80 bits per heavy atom. The summed E-state index contributed by atoms with van der Waals surface area (Å²) in [6, 6.07) is 14.7. The van der Waals surface area contributed by atoms with E-state index in [1.165, 1.54) is 11.8 Å². The molecule has 1 atom stereocenters. The number of anilines is 1. The van der Waals surface area contributed by atoms with Crippen LogP contribution in [0.4, 0.5) is 5.69 Å². The summed E-state index contributed by atoms with van der Waals surface area (Å²) in [5.74, 6) is 0.567. The highest BCUT2D eigenvalue weighted by Gasteiger charge is 2.32. The zero-order valence-corrected chi connectivity index (χ0v) is 21.7. The van der Waals surface area contributed by atoms with Crippen LogP contribution < -0.4 is 15.4 Å². The Bertz CT molecular complexity index is 1130. The van der Waals surface area contributed by atoms with Crippen LogP contribution >= 0.6 is 11.8 Å². The second-order valence-electron chi connectivity index (χ2n) is 8.27. The Hall–Kier alpha value is -3.26. The van der Waals surface area contributed by atoms with Crippen molar-refractivity contribution < 1.29 is 19.1 Å². The molecule has 7 nitrogen and oxygen atoms in total. The third-order valence-corrected chi connectivity index (χ3v) is 6.31. The molecule has 0 radical (unpaired) electrons. The number of para-hydroxylation sites is 2. The second kappa shape index (κ2) is 12.4. The van der Waals surface area contributed by atoms with Crippen molar-refractivity contribution in [2.24, 2.45) is 4.99 Å². The van der Waals surface area contributed by atoms with Gasteiger partial charge in [-0.3, -0.25) is 4.79 Å². The normalized spacial score (nSPS) is 15.4. The van der Waals surface area contributed by atoms with Crippen LogP contribution in [0.3, 0.4) is 0 Å². The number of hydrogen-bond acceptors (Lipinski definition) is 7. The molecule has 1 aliphatic rings. The summed E-state index contributed by atoms with van der Waals surface area (Å²) in [6.07, 6.45) is 0. The molecular weight excluding hydrogens is 462 g/mol. The van der Waals surface area contributed by atoms with Gasteiger partial charge in [0.1, 0.15) is 11.8 Å². The lowest BCUT2D eigenvalue weighted by Gasteiger charge is -2.26. The number of carbonyl (C=O) groups excluding carboxylic acids is 2. The Morgan fingerprint density at radius 3 is 2.51 bits per heavy atom. The monoisotopic (exact) mass is 495 g/mol. The fraction of sp³-hybridized carbons (Fsp3) is 0.370. The molecule has 2 aromatic rings. The van der Waals surface area contributed by atoms with E-state index in [1.54, 1.807) is 6.92 Å². The van der Waals surface area contributed by atoms with E-state index in [-0.39, 0.29) is 18.3 Å². The summed E-state index contributed by atoms with van der Waals surface area (Å²) >= 11 is 1.29. The largest absolute Gasteiger partial charge is 0.494 e. The minimum atomic E-state index is -0.606. The van der Waals surface area contributed by atoms with Crippen LogP contribution in [0.5, 0.6) is 5.75 Å². The molecule has 0 aromatic heterocycles. The van der Waals surface area contributed by atoms with Gasteiger partial charge in [-0.1, -0.05) is 62.0 Å². The zero-order valence-electron chi connectivity index (χ0n) is 20.9. The number of aliphatic imine (C=N–C) groups is 1. The number of rotatable bonds is 9. The minimum absolute atomic E-state index is 0.128. The second-order valence-corrected chi connectivity index (χ2v) is 9.23. The van der Waals surface area contributed by atoms with Crippen molar-refractivity contribution in [2.75, 3.05) is 24.3 Å².